The summed E-state index contributed by atoms with van der Waals surface area (Å²) in [5, 5.41) is 7.75. The summed E-state index contributed by atoms with van der Waals surface area (Å²) in [5.74, 6) is 0. The summed E-state index contributed by atoms with van der Waals surface area (Å²) < 4.78 is 8.67. The third-order valence-electron chi connectivity index (χ3n) is 6.97. The Balaban J connectivity index is 1.70. The zero-order chi connectivity index (χ0) is 21.7. The highest BCUT2D eigenvalue weighted by Crippen LogP contribution is 2.44. The first kappa shape index (κ1) is 17.5. The molecular formula is C30H16ClNO. The lowest BCUT2D eigenvalue weighted by molar-refractivity contribution is 0.669. The van der Waals surface area contributed by atoms with Crippen molar-refractivity contribution in [1.29, 1.82) is 0 Å². The molecule has 2 nitrogen and oxygen atoms in total. The number of aromatic nitrogens is 1. The van der Waals surface area contributed by atoms with Crippen molar-refractivity contribution < 1.29 is 4.42 Å². The molecular weight excluding hydrogens is 426 g/mol. The van der Waals surface area contributed by atoms with Crippen LogP contribution in [0.4, 0.5) is 0 Å². The smallest absolute Gasteiger partial charge is 0.137 e. The van der Waals surface area contributed by atoms with Crippen LogP contribution < -0.4 is 0 Å². The Kier molecular flexibility index (Phi) is 3.22. The van der Waals surface area contributed by atoms with Gasteiger partial charge >= 0.3 is 0 Å². The molecule has 0 spiro atoms. The van der Waals surface area contributed by atoms with E-state index in [1.807, 2.05) is 12.1 Å². The van der Waals surface area contributed by atoms with Crippen molar-refractivity contribution in [1.82, 2.24) is 4.40 Å². The van der Waals surface area contributed by atoms with Crippen molar-refractivity contribution in [3.05, 3.63) is 102 Å². The number of furan rings is 1. The SMILES string of the molecule is Clc1cc2oc3cccc4c3c2c(c1)c1cccc2c3cc(-c5ccccc5)ccc3n4c12. The summed E-state index contributed by atoms with van der Waals surface area (Å²) in [4.78, 5) is 0. The summed E-state index contributed by atoms with van der Waals surface area (Å²) in [6.45, 7) is 0. The van der Waals surface area contributed by atoms with Crippen molar-refractivity contribution in [3.8, 4) is 11.1 Å². The van der Waals surface area contributed by atoms with Crippen molar-refractivity contribution in [2.45, 2.75) is 0 Å². The van der Waals surface area contributed by atoms with Crippen LogP contribution in [-0.2, 0) is 0 Å². The van der Waals surface area contributed by atoms with E-state index >= 15 is 0 Å². The van der Waals surface area contributed by atoms with Crippen molar-refractivity contribution in [3.63, 3.8) is 0 Å². The highest BCUT2D eigenvalue weighted by Gasteiger charge is 2.20. The van der Waals surface area contributed by atoms with Crippen LogP contribution in [-0.4, -0.2) is 4.40 Å². The first-order chi connectivity index (χ1) is 16.3. The second-order valence-corrected chi connectivity index (χ2v) is 9.15. The Morgan fingerprint density at radius 2 is 1.36 bits per heavy atom. The van der Waals surface area contributed by atoms with Gasteiger partial charge in [0.15, 0.2) is 0 Å². The van der Waals surface area contributed by atoms with Gasteiger partial charge in [-0.3, -0.25) is 0 Å². The number of fused-ring (bicyclic) bond motifs is 5. The van der Waals surface area contributed by atoms with Crippen LogP contribution in [0.3, 0.4) is 0 Å². The van der Waals surface area contributed by atoms with Crippen LogP contribution in [0.2, 0.25) is 5.02 Å². The monoisotopic (exact) mass is 441 g/mol. The third kappa shape index (κ3) is 2.19. The molecule has 0 radical (unpaired) electrons. The zero-order valence-corrected chi connectivity index (χ0v) is 18.2. The van der Waals surface area contributed by atoms with Gasteiger partial charge in [0.1, 0.15) is 11.2 Å². The molecule has 0 bridgehead atoms. The van der Waals surface area contributed by atoms with E-state index in [1.165, 1.54) is 38.3 Å². The second kappa shape index (κ2) is 6.06. The molecule has 0 saturated carbocycles. The quantitative estimate of drug-likeness (QED) is 0.248. The Morgan fingerprint density at radius 3 is 2.24 bits per heavy atom. The average molecular weight is 442 g/mol. The largest absolute Gasteiger partial charge is 0.456 e. The van der Waals surface area contributed by atoms with Gasteiger partial charge in [0.2, 0.25) is 0 Å². The van der Waals surface area contributed by atoms with Crippen LogP contribution in [0.25, 0.3) is 71.2 Å². The third-order valence-corrected chi connectivity index (χ3v) is 7.18. The first-order valence-corrected chi connectivity index (χ1v) is 11.4. The van der Waals surface area contributed by atoms with E-state index in [0.29, 0.717) is 5.02 Å². The van der Waals surface area contributed by atoms with Gasteiger partial charge in [0.25, 0.3) is 0 Å². The van der Waals surface area contributed by atoms with Gasteiger partial charge in [0, 0.05) is 32.6 Å². The van der Waals surface area contributed by atoms with Gasteiger partial charge < -0.3 is 8.82 Å². The van der Waals surface area contributed by atoms with Crippen LogP contribution in [0.1, 0.15) is 0 Å². The van der Waals surface area contributed by atoms with Crippen molar-refractivity contribution in [2.75, 3.05) is 0 Å². The van der Waals surface area contributed by atoms with Crippen LogP contribution >= 0.6 is 11.6 Å². The number of hydrogen-bond donors (Lipinski definition) is 0. The minimum absolute atomic E-state index is 0.686. The molecule has 0 aliphatic heterocycles. The topological polar surface area (TPSA) is 17.6 Å². The predicted octanol–water partition coefficient (Wildman–Crippen LogP) is 9.06. The van der Waals surface area contributed by atoms with E-state index in [0.717, 1.165) is 32.8 Å². The van der Waals surface area contributed by atoms with Crippen LogP contribution in [0.15, 0.2) is 101 Å². The molecule has 3 heterocycles. The molecule has 154 valence electrons. The Bertz CT molecular complexity index is 2030. The summed E-state index contributed by atoms with van der Waals surface area (Å²) in [6.07, 6.45) is 0. The van der Waals surface area contributed by atoms with Crippen LogP contribution in [0.5, 0.6) is 0 Å². The molecule has 0 amide bonds. The van der Waals surface area contributed by atoms with Gasteiger partial charge in [-0.05, 0) is 46.8 Å². The molecule has 8 rings (SSSR count). The van der Waals surface area contributed by atoms with Gasteiger partial charge in [-0.15, -0.1) is 0 Å². The summed E-state index contributed by atoms with van der Waals surface area (Å²) >= 11 is 6.57. The predicted molar refractivity (Wildman–Crippen MR) is 139 cm³/mol. The lowest BCUT2D eigenvalue weighted by Crippen LogP contribution is -1.85. The molecule has 33 heavy (non-hydrogen) atoms. The molecule has 5 aromatic carbocycles. The Labute approximate surface area is 193 Å². The number of hydrogen-bond acceptors (Lipinski definition) is 1. The molecule has 0 unspecified atom stereocenters. The van der Waals surface area contributed by atoms with E-state index in [4.69, 9.17) is 16.0 Å². The number of halogens is 1. The fourth-order valence-electron chi connectivity index (χ4n) is 5.64. The highest BCUT2D eigenvalue weighted by atomic mass is 35.5. The summed E-state index contributed by atoms with van der Waals surface area (Å²) in [6, 6.07) is 34.2. The molecule has 0 atom stereocenters. The van der Waals surface area contributed by atoms with E-state index < -0.39 is 0 Å². The number of nitrogens with zero attached hydrogens (tertiary/aromatic N) is 1. The minimum atomic E-state index is 0.686. The average Bonchev–Trinajstić information content (AvgIpc) is 3.35. The molecule has 0 saturated heterocycles. The molecule has 0 aliphatic carbocycles. The molecule has 3 aromatic heterocycles. The fourth-order valence-corrected chi connectivity index (χ4v) is 5.85. The highest BCUT2D eigenvalue weighted by molar-refractivity contribution is 6.35. The van der Waals surface area contributed by atoms with E-state index in [-0.39, 0.29) is 0 Å². The van der Waals surface area contributed by atoms with Crippen molar-refractivity contribution >= 4 is 71.6 Å². The van der Waals surface area contributed by atoms with E-state index in [9.17, 15) is 0 Å². The van der Waals surface area contributed by atoms with E-state index in [2.05, 4.69) is 89.3 Å². The summed E-state index contributed by atoms with van der Waals surface area (Å²) in [7, 11) is 0. The lowest BCUT2D eigenvalue weighted by atomic mass is 10.0. The molecule has 0 N–H and O–H groups in total. The molecule has 3 heteroatoms. The molecule has 8 aromatic rings. The summed E-state index contributed by atoms with van der Waals surface area (Å²) in [5.41, 5.74) is 7.71. The maximum atomic E-state index is 6.57. The lowest BCUT2D eigenvalue weighted by Gasteiger charge is -2.03. The van der Waals surface area contributed by atoms with Gasteiger partial charge in [-0.1, -0.05) is 72.3 Å². The Hall–Kier alpha value is -4.01. The zero-order valence-electron chi connectivity index (χ0n) is 17.5. The van der Waals surface area contributed by atoms with Gasteiger partial charge in [0.05, 0.1) is 21.9 Å². The molecule has 0 aliphatic rings. The van der Waals surface area contributed by atoms with Crippen molar-refractivity contribution in [2.24, 2.45) is 0 Å². The second-order valence-electron chi connectivity index (χ2n) is 8.71. The maximum Gasteiger partial charge on any atom is 0.137 e. The van der Waals surface area contributed by atoms with Gasteiger partial charge in [-0.25, -0.2) is 0 Å². The van der Waals surface area contributed by atoms with E-state index in [1.54, 1.807) is 0 Å². The number of benzene rings is 5. The van der Waals surface area contributed by atoms with Crippen LogP contribution in [0, 0.1) is 0 Å². The van der Waals surface area contributed by atoms with Gasteiger partial charge in [-0.2, -0.15) is 0 Å². The molecule has 0 fully saturated rings. The minimum Gasteiger partial charge on any atom is -0.456 e. The fraction of sp³-hybridized carbons (Fsp3) is 0. The maximum absolute atomic E-state index is 6.57. The Morgan fingerprint density at radius 1 is 0.545 bits per heavy atom. The standard InChI is InChI=1S/C30H16ClNO/c31-19-15-23-21-9-4-8-20-22-14-18(17-6-2-1-3-7-17)12-13-24(22)32(30(20)21)25-10-5-11-26-29(25)28(23)27(16-19)33-26/h1-16H. The number of para-hydroxylation sites is 1. The first-order valence-electron chi connectivity index (χ1n) is 11.1. The normalized spacial score (nSPS) is 12.4. The number of rotatable bonds is 1.